The van der Waals surface area contributed by atoms with Crippen molar-refractivity contribution in [3.8, 4) is 5.75 Å². The predicted octanol–water partition coefficient (Wildman–Crippen LogP) is 2.39. The largest absolute Gasteiger partial charge is 0.497 e. The summed E-state index contributed by atoms with van der Waals surface area (Å²) >= 11 is 0. The lowest BCUT2D eigenvalue weighted by Gasteiger charge is -2.44. The third-order valence-corrected chi connectivity index (χ3v) is 8.25. The van der Waals surface area contributed by atoms with Crippen molar-refractivity contribution in [2.75, 3.05) is 26.7 Å². The molecule has 2 aliphatic rings. The molecular formula is C21H25N3O4S. The number of rotatable bonds is 3. The van der Waals surface area contributed by atoms with Gasteiger partial charge in [-0.05, 0) is 62.6 Å². The van der Waals surface area contributed by atoms with Gasteiger partial charge in [0.1, 0.15) is 5.75 Å². The van der Waals surface area contributed by atoms with Gasteiger partial charge in [-0.3, -0.25) is 9.78 Å². The number of carbonyl (C=O) groups excluding carboxylic acids is 1. The minimum Gasteiger partial charge on any atom is -0.497 e. The Balaban J connectivity index is 1.77. The summed E-state index contributed by atoms with van der Waals surface area (Å²) in [6.45, 7) is 8.13. The topological polar surface area (TPSA) is 79.8 Å². The molecule has 0 bridgehead atoms. The number of hydrogen-bond donors (Lipinski definition) is 0. The van der Waals surface area contributed by atoms with Crippen LogP contribution in [0.2, 0.25) is 0 Å². The number of aromatic nitrogens is 1. The van der Waals surface area contributed by atoms with Crippen LogP contribution in [0.3, 0.4) is 0 Å². The van der Waals surface area contributed by atoms with Gasteiger partial charge >= 0.3 is 0 Å². The van der Waals surface area contributed by atoms with Crippen molar-refractivity contribution < 1.29 is 17.9 Å². The Bertz CT molecular complexity index is 1110. The van der Waals surface area contributed by atoms with E-state index >= 15 is 0 Å². The molecule has 154 valence electrons. The van der Waals surface area contributed by atoms with E-state index < -0.39 is 15.6 Å². The lowest BCUT2D eigenvalue weighted by Crippen LogP contribution is -2.58. The second-order valence-electron chi connectivity index (χ2n) is 7.98. The minimum atomic E-state index is -3.73. The van der Waals surface area contributed by atoms with Crippen LogP contribution in [0.15, 0.2) is 29.3 Å². The summed E-state index contributed by atoms with van der Waals surface area (Å²) in [5.74, 6) is 0.566. The highest BCUT2D eigenvalue weighted by Crippen LogP contribution is 2.43. The third-order valence-electron chi connectivity index (χ3n) is 6.10. The fourth-order valence-electron chi connectivity index (χ4n) is 4.71. The number of sulfonamides is 1. The molecule has 0 N–H and O–H groups in total. The van der Waals surface area contributed by atoms with E-state index in [1.807, 2.05) is 19.9 Å². The van der Waals surface area contributed by atoms with Gasteiger partial charge in [0.2, 0.25) is 10.0 Å². The lowest BCUT2D eigenvalue weighted by molar-refractivity contribution is 0.0375. The first-order valence-electron chi connectivity index (χ1n) is 9.54. The van der Waals surface area contributed by atoms with Crippen LogP contribution in [-0.2, 0) is 15.6 Å². The molecule has 1 fully saturated rings. The van der Waals surface area contributed by atoms with Crippen LogP contribution in [0.25, 0.3) is 0 Å². The summed E-state index contributed by atoms with van der Waals surface area (Å²) in [7, 11) is -2.17. The van der Waals surface area contributed by atoms with Gasteiger partial charge in [-0.2, -0.15) is 4.31 Å². The molecule has 0 radical (unpaired) electrons. The molecular weight excluding hydrogens is 390 g/mol. The van der Waals surface area contributed by atoms with Crippen LogP contribution in [-0.4, -0.2) is 55.3 Å². The Labute approximate surface area is 171 Å². The summed E-state index contributed by atoms with van der Waals surface area (Å²) in [4.78, 5) is 19.3. The van der Waals surface area contributed by atoms with Gasteiger partial charge in [0.25, 0.3) is 5.91 Å². The highest BCUT2D eigenvalue weighted by molar-refractivity contribution is 7.89. The van der Waals surface area contributed by atoms with E-state index in [0.29, 0.717) is 39.6 Å². The molecule has 29 heavy (non-hydrogen) atoms. The summed E-state index contributed by atoms with van der Waals surface area (Å²) in [6, 6.07) is 5.31. The average Bonchev–Trinajstić information content (AvgIpc) is 2.89. The van der Waals surface area contributed by atoms with Gasteiger partial charge in [-0.25, -0.2) is 8.42 Å². The van der Waals surface area contributed by atoms with Crippen molar-refractivity contribution in [3.63, 3.8) is 0 Å². The maximum Gasteiger partial charge on any atom is 0.256 e. The second kappa shape index (κ2) is 6.53. The van der Waals surface area contributed by atoms with Crippen molar-refractivity contribution in [2.45, 2.75) is 38.1 Å². The quantitative estimate of drug-likeness (QED) is 0.769. The zero-order valence-corrected chi connectivity index (χ0v) is 18.1. The molecule has 1 atom stereocenters. The Hall–Kier alpha value is -2.45. The summed E-state index contributed by atoms with van der Waals surface area (Å²) in [6.07, 6.45) is 1.68. The van der Waals surface area contributed by atoms with Gasteiger partial charge in [-0.15, -0.1) is 0 Å². The number of benzene rings is 1. The maximum atomic E-state index is 13.6. The number of hydrogen-bond acceptors (Lipinski definition) is 5. The van der Waals surface area contributed by atoms with Crippen molar-refractivity contribution >= 4 is 15.9 Å². The van der Waals surface area contributed by atoms with Gasteiger partial charge < -0.3 is 9.64 Å². The van der Waals surface area contributed by atoms with Crippen LogP contribution in [0, 0.1) is 20.8 Å². The van der Waals surface area contributed by atoms with Crippen molar-refractivity contribution in [1.82, 2.24) is 14.2 Å². The van der Waals surface area contributed by atoms with E-state index in [9.17, 15) is 13.2 Å². The number of fused-ring (bicyclic) bond motifs is 3. The number of piperazine rings is 1. The van der Waals surface area contributed by atoms with Crippen LogP contribution in [0.4, 0.5) is 0 Å². The van der Waals surface area contributed by atoms with Gasteiger partial charge in [-0.1, -0.05) is 0 Å². The van der Waals surface area contributed by atoms with E-state index in [2.05, 4.69) is 4.98 Å². The van der Waals surface area contributed by atoms with E-state index in [1.165, 1.54) is 4.31 Å². The van der Waals surface area contributed by atoms with Crippen LogP contribution < -0.4 is 4.74 Å². The molecule has 8 heteroatoms. The van der Waals surface area contributed by atoms with Gasteiger partial charge in [0, 0.05) is 25.8 Å². The number of aryl methyl sites for hydroxylation is 3. The monoisotopic (exact) mass is 415 g/mol. The zero-order valence-electron chi connectivity index (χ0n) is 17.3. The van der Waals surface area contributed by atoms with Gasteiger partial charge in [0.05, 0.1) is 28.8 Å². The number of pyridine rings is 1. The average molecular weight is 416 g/mol. The molecule has 0 spiro atoms. The molecule has 0 aliphatic carbocycles. The SMILES string of the molecule is COc1cc(C)c(S(=O)(=O)N2CCN3C(=O)c4c(ccnc4C)C3(C)C2)c(C)c1. The van der Waals surface area contributed by atoms with Crippen molar-refractivity contribution in [1.29, 1.82) is 0 Å². The highest BCUT2D eigenvalue weighted by atomic mass is 32.2. The van der Waals surface area contributed by atoms with Gasteiger partial charge in [0.15, 0.2) is 0 Å². The van der Waals surface area contributed by atoms with Crippen molar-refractivity contribution in [3.05, 3.63) is 52.3 Å². The molecule has 1 amide bonds. The molecule has 2 aromatic rings. The summed E-state index contributed by atoms with van der Waals surface area (Å²) < 4.78 is 33.9. The number of nitrogens with zero attached hydrogens (tertiary/aromatic N) is 3. The Morgan fingerprint density at radius 2 is 1.79 bits per heavy atom. The molecule has 1 unspecified atom stereocenters. The van der Waals surface area contributed by atoms with Crippen LogP contribution >= 0.6 is 0 Å². The first-order chi connectivity index (χ1) is 13.6. The van der Waals surface area contributed by atoms with E-state index in [4.69, 9.17) is 4.74 Å². The predicted molar refractivity (Wildman–Crippen MR) is 109 cm³/mol. The Morgan fingerprint density at radius 3 is 2.41 bits per heavy atom. The molecule has 1 aromatic heterocycles. The number of ether oxygens (including phenoxy) is 1. The second-order valence-corrected chi connectivity index (χ2v) is 9.85. The smallest absolute Gasteiger partial charge is 0.256 e. The third kappa shape index (κ3) is 2.77. The Kier molecular flexibility index (Phi) is 4.47. The van der Waals surface area contributed by atoms with Crippen molar-refractivity contribution in [2.24, 2.45) is 0 Å². The first-order valence-corrected chi connectivity index (χ1v) is 11.0. The number of methoxy groups -OCH3 is 1. The molecule has 0 saturated carbocycles. The number of carbonyl (C=O) groups is 1. The number of amides is 1. The van der Waals surface area contributed by atoms with Crippen LogP contribution in [0.5, 0.6) is 5.75 Å². The molecule has 4 rings (SSSR count). The normalized spacial score (nSPS) is 21.8. The van der Waals surface area contributed by atoms with E-state index in [1.54, 1.807) is 44.2 Å². The molecule has 1 saturated heterocycles. The minimum absolute atomic E-state index is 0.0676. The first kappa shape index (κ1) is 19.8. The fourth-order valence-corrected chi connectivity index (χ4v) is 6.65. The fraction of sp³-hybridized carbons (Fsp3) is 0.429. The van der Waals surface area contributed by atoms with Crippen LogP contribution in [0.1, 0.15) is 39.7 Å². The molecule has 3 heterocycles. The molecule has 1 aromatic carbocycles. The maximum absolute atomic E-state index is 13.6. The summed E-state index contributed by atoms with van der Waals surface area (Å²) in [5, 5.41) is 0. The zero-order chi connectivity index (χ0) is 21.1. The molecule has 2 aliphatic heterocycles. The Morgan fingerprint density at radius 1 is 1.14 bits per heavy atom. The highest BCUT2D eigenvalue weighted by Gasteiger charge is 2.52. The lowest BCUT2D eigenvalue weighted by atomic mass is 9.90. The summed E-state index contributed by atoms with van der Waals surface area (Å²) in [5.41, 5.74) is 2.72. The molecule has 7 nitrogen and oxygen atoms in total. The van der Waals surface area contributed by atoms with E-state index in [0.717, 1.165) is 5.56 Å². The standard InChI is InChI=1S/C21H25N3O4S/c1-13-10-16(28-5)11-14(2)19(13)29(26,27)23-8-9-24-20(25)18-15(3)22-7-6-17(18)21(24,4)12-23/h6-7,10-11H,8-9,12H2,1-5H3. The van der Waals surface area contributed by atoms with E-state index in [-0.39, 0.29) is 19.0 Å².